The van der Waals surface area contributed by atoms with Crippen LogP contribution in [0.15, 0.2) is 6.20 Å². The van der Waals surface area contributed by atoms with Crippen LogP contribution in [0.3, 0.4) is 0 Å². The molecule has 0 unspecified atom stereocenters. The van der Waals surface area contributed by atoms with E-state index in [1.165, 1.54) is 7.11 Å². The Kier molecular flexibility index (Phi) is 4.49. The Morgan fingerprint density at radius 3 is 2.75 bits per heavy atom. The number of carbonyl (C=O) groups excluding carboxylic acids is 1. The van der Waals surface area contributed by atoms with Crippen molar-refractivity contribution in [1.82, 2.24) is 9.78 Å². The predicted molar refractivity (Wildman–Crippen MR) is 59.9 cm³/mol. The fraction of sp³-hybridized carbons (Fsp3) is 0.636. The first-order valence-corrected chi connectivity index (χ1v) is 5.34. The van der Waals surface area contributed by atoms with Crippen LogP contribution in [0, 0.1) is 0 Å². The van der Waals surface area contributed by atoms with Crippen molar-refractivity contribution in [1.29, 1.82) is 0 Å². The maximum Gasteiger partial charge on any atom is 0.210 e. The largest absolute Gasteiger partial charge is 0.493 e. The quantitative estimate of drug-likeness (QED) is 0.690. The molecule has 1 rings (SSSR count). The van der Waals surface area contributed by atoms with Gasteiger partial charge in [0.25, 0.3) is 0 Å². The molecular formula is C11H18N2O3. The number of rotatable bonds is 6. The highest BCUT2D eigenvalue weighted by Crippen LogP contribution is 2.18. The Morgan fingerprint density at radius 1 is 1.56 bits per heavy atom. The van der Waals surface area contributed by atoms with Crippen LogP contribution in [0.25, 0.3) is 0 Å². The van der Waals surface area contributed by atoms with Crippen LogP contribution in [0.5, 0.6) is 5.75 Å². The minimum absolute atomic E-state index is 0.0351. The Morgan fingerprint density at radius 2 is 2.25 bits per heavy atom. The second-order valence-corrected chi connectivity index (χ2v) is 3.66. The summed E-state index contributed by atoms with van der Waals surface area (Å²) in [6.07, 6.45) is 1.58. The Hall–Kier alpha value is -1.36. The van der Waals surface area contributed by atoms with E-state index < -0.39 is 0 Å². The highest BCUT2D eigenvalue weighted by atomic mass is 16.5. The summed E-state index contributed by atoms with van der Waals surface area (Å²) < 4.78 is 12.0. The molecule has 0 saturated heterocycles. The van der Waals surface area contributed by atoms with E-state index >= 15 is 0 Å². The van der Waals surface area contributed by atoms with E-state index in [9.17, 15) is 4.79 Å². The first kappa shape index (κ1) is 12.7. The van der Waals surface area contributed by atoms with E-state index in [4.69, 9.17) is 9.47 Å². The summed E-state index contributed by atoms with van der Waals surface area (Å²) in [5.41, 5.74) is 0.477. The van der Waals surface area contributed by atoms with Crippen molar-refractivity contribution >= 4 is 5.78 Å². The molecule has 0 bridgehead atoms. The van der Waals surface area contributed by atoms with Crippen molar-refractivity contribution in [3.63, 3.8) is 0 Å². The molecular weight excluding hydrogens is 208 g/mol. The summed E-state index contributed by atoms with van der Waals surface area (Å²) in [6.45, 7) is 6.39. The van der Waals surface area contributed by atoms with Crippen LogP contribution < -0.4 is 4.74 Å². The van der Waals surface area contributed by atoms with E-state index in [0.717, 1.165) is 0 Å². The standard InChI is InChI=1S/C11H18N2O3/c1-5-13-11(10(15-4)6-12-13)9(14)7-16-8(2)3/h6,8H,5,7H2,1-4H3. The van der Waals surface area contributed by atoms with Crippen molar-refractivity contribution in [3.8, 4) is 5.75 Å². The predicted octanol–water partition coefficient (Wildman–Crippen LogP) is 1.52. The van der Waals surface area contributed by atoms with Gasteiger partial charge in [0.2, 0.25) is 5.78 Å². The van der Waals surface area contributed by atoms with Gasteiger partial charge in [0.15, 0.2) is 5.75 Å². The average Bonchev–Trinajstić information content (AvgIpc) is 2.68. The number of aryl methyl sites for hydroxylation is 1. The van der Waals surface area contributed by atoms with Crippen molar-refractivity contribution in [2.75, 3.05) is 13.7 Å². The second kappa shape index (κ2) is 5.65. The molecule has 0 radical (unpaired) electrons. The minimum Gasteiger partial charge on any atom is -0.493 e. The molecule has 0 saturated carbocycles. The van der Waals surface area contributed by atoms with Gasteiger partial charge in [-0.2, -0.15) is 5.10 Å². The van der Waals surface area contributed by atoms with Gasteiger partial charge in [0, 0.05) is 6.54 Å². The highest BCUT2D eigenvalue weighted by molar-refractivity contribution is 5.98. The van der Waals surface area contributed by atoms with Gasteiger partial charge in [-0.1, -0.05) is 0 Å². The van der Waals surface area contributed by atoms with Crippen LogP contribution in [0.4, 0.5) is 0 Å². The maximum atomic E-state index is 11.9. The number of nitrogens with zero attached hydrogens (tertiary/aromatic N) is 2. The molecule has 0 aromatic carbocycles. The zero-order valence-corrected chi connectivity index (χ0v) is 10.2. The minimum atomic E-state index is -0.107. The van der Waals surface area contributed by atoms with Gasteiger partial charge in [-0.05, 0) is 20.8 Å². The Bertz CT molecular complexity index is 337. The molecule has 1 heterocycles. The van der Waals surface area contributed by atoms with Gasteiger partial charge in [-0.25, -0.2) is 0 Å². The molecule has 0 fully saturated rings. The number of ketones is 1. The van der Waals surface area contributed by atoms with E-state index in [-0.39, 0.29) is 18.5 Å². The van der Waals surface area contributed by atoms with Crippen molar-refractivity contribution in [3.05, 3.63) is 11.9 Å². The van der Waals surface area contributed by atoms with Crippen LogP contribution >= 0.6 is 0 Å². The first-order chi connectivity index (χ1) is 7.60. The smallest absolute Gasteiger partial charge is 0.210 e. The number of carbonyl (C=O) groups is 1. The molecule has 0 aliphatic rings. The summed E-state index contributed by atoms with van der Waals surface area (Å²) >= 11 is 0. The molecule has 0 atom stereocenters. The number of aromatic nitrogens is 2. The zero-order valence-electron chi connectivity index (χ0n) is 10.2. The van der Waals surface area contributed by atoms with Crippen LogP contribution in [0.2, 0.25) is 0 Å². The third-order valence-electron chi connectivity index (χ3n) is 2.14. The number of hydrogen-bond acceptors (Lipinski definition) is 4. The average molecular weight is 226 g/mol. The third-order valence-corrected chi connectivity index (χ3v) is 2.14. The van der Waals surface area contributed by atoms with Crippen LogP contribution in [-0.2, 0) is 11.3 Å². The molecule has 5 nitrogen and oxygen atoms in total. The Balaban J connectivity index is 2.83. The van der Waals surface area contributed by atoms with Crippen molar-refractivity contribution in [2.24, 2.45) is 0 Å². The lowest BCUT2D eigenvalue weighted by atomic mass is 10.2. The number of hydrogen-bond donors (Lipinski definition) is 0. The van der Waals surface area contributed by atoms with Gasteiger partial charge in [0.05, 0.1) is 19.4 Å². The van der Waals surface area contributed by atoms with Gasteiger partial charge >= 0.3 is 0 Å². The van der Waals surface area contributed by atoms with Crippen molar-refractivity contribution in [2.45, 2.75) is 33.4 Å². The molecule has 0 N–H and O–H groups in total. The fourth-order valence-electron chi connectivity index (χ4n) is 1.35. The molecule has 0 amide bonds. The van der Waals surface area contributed by atoms with Crippen LogP contribution in [-0.4, -0.2) is 35.4 Å². The third kappa shape index (κ3) is 2.82. The molecule has 90 valence electrons. The monoisotopic (exact) mass is 226 g/mol. The fourth-order valence-corrected chi connectivity index (χ4v) is 1.35. The van der Waals surface area contributed by atoms with E-state index in [2.05, 4.69) is 5.10 Å². The topological polar surface area (TPSA) is 53.4 Å². The molecule has 5 heteroatoms. The van der Waals surface area contributed by atoms with E-state index in [1.54, 1.807) is 10.9 Å². The van der Waals surface area contributed by atoms with E-state index in [0.29, 0.717) is 18.0 Å². The van der Waals surface area contributed by atoms with E-state index in [1.807, 2.05) is 20.8 Å². The number of methoxy groups -OCH3 is 1. The molecule has 1 aromatic heterocycles. The second-order valence-electron chi connectivity index (χ2n) is 3.66. The number of Topliss-reactive ketones (excluding diaryl/α,β-unsaturated/α-hetero) is 1. The van der Waals surface area contributed by atoms with Crippen LogP contribution in [0.1, 0.15) is 31.3 Å². The summed E-state index contributed by atoms with van der Waals surface area (Å²) in [7, 11) is 1.52. The SMILES string of the molecule is CCn1ncc(OC)c1C(=O)COC(C)C. The lowest BCUT2D eigenvalue weighted by molar-refractivity contribution is 0.0573. The maximum absolute atomic E-state index is 11.9. The summed E-state index contributed by atoms with van der Waals surface area (Å²) in [6, 6.07) is 0. The molecule has 0 spiro atoms. The molecule has 0 aliphatic heterocycles. The normalized spacial score (nSPS) is 10.8. The summed E-state index contributed by atoms with van der Waals surface area (Å²) in [4.78, 5) is 11.9. The van der Waals surface area contributed by atoms with Gasteiger partial charge in [0.1, 0.15) is 12.3 Å². The number of ether oxygens (including phenoxy) is 2. The van der Waals surface area contributed by atoms with Gasteiger partial charge in [-0.3, -0.25) is 9.48 Å². The lowest BCUT2D eigenvalue weighted by Crippen LogP contribution is -2.18. The Labute approximate surface area is 95.3 Å². The molecule has 16 heavy (non-hydrogen) atoms. The highest BCUT2D eigenvalue weighted by Gasteiger charge is 2.18. The summed E-state index contributed by atoms with van der Waals surface area (Å²) in [5.74, 6) is 0.393. The lowest BCUT2D eigenvalue weighted by Gasteiger charge is -2.08. The van der Waals surface area contributed by atoms with Gasteiger partial charge in [-0.15, -0.1) is 0 Å². The van der Waals surface area contributed by atoms with Crippen molar-refractivity contribution < 1.29 is 14.3 Å². The zero-order chi connectivity index (χ0) is 12.1. The van der Waals surface area contributed by atoms with Gasteiger partial charge < -0.3 is 9.47 Å². The molecule has 0 aliphatic carbocycles. The summed E-state index contributed by atoms with van der Waals surface area (Å²) in [5, 5.41) is 4.07. The first-order valence-electron chi connectivity index (χ1n) is 5.34. The molecule has 1 aromatic rings.